The number of carbonyl (C=O) groups is 2. The van der Waals surface area contributed by atoms with E-state index in [0.29, 0.717) is 37.6 Å². The standard InChI is InChI=1S/C21H22N2O4/c1-26-19-9-2-16(3-10-19)4-11-20(24)22-18-7-5-17(6-8-18)21(25)23-12-14-27-15-13-23/h2-11H,12-15H2,1H3,(H,22,24)/b11-4+. The lowest BCUT2D eigenvalue weighted by molar-refractivity contribution is -0.111. The summed E-state index contributed by atoms with van der Waals surface area (Å²) in [6, 6.07) is 14.3. The molecule has 0 bridgehead atoms. The number of hydrogen-bond donors (Lipinski definition) is 1. The van der Waals surface area contributed by atoms with E-state index in [9.17, 15) is 9.59 Å². The second kappa shape index (κ2) is 9.00. The SMILES string of the molecule is COc1ccc(/C=C/C(=O)Nc2ccc(C(=O)N3CCOCC3)cc2)cc1. The Morgan fingerprint density at radius 2 is 1.70 bits per heavy atom. The molecule has 6 heteroatoms. The fraction of sp³-hybridized carbons (Fsp3) is 0.238. The molecule has 1 saturated heterocycles. The van der Waals surface area contributed by atoms with Gasteiger partial charge < -0.3 is 19.7 Å². The van der Waals surface area contributed by atoms with Crippen LogP contribution in [-0.2, 0) is 9.53 Å². The van der Waals surface area contributed by atoms with Crippen LogP contribution in [0.5, 0.6) is 5.75 Å². The Balaban J connectivity index is 1.56. The molecule has 0 radical (unpaired) electrons. The Labute approximate surface area is 158 Å². The van der Waals surface area contributed by atoms with Crippen LogP contribution >= 0.6 is 0 Å². The summed E-state index contributed by atoms with van der Waals surface area (Å²) in [4.78, 5) is 26.2. The minimum atomic E-state index is -0.238. The van der Waals surface area contributed by atoms with Crippen molar-refractivity contribution in [1.82, 2.24) is 4.90 Å². The zero-order valence-corrected chi connectivity index (χ0v) is 15.2. The van der Waals surface area contributed by atoms with Gasteiger partial charge in [-0.1, -0.05) is 12.1 Å². The monoisotopic (exact) mass is 366 g/mol. The first-order valence-electron chi connectivity index (χ1n) is 8.76. The lowest BCUT2D eigenvalue weighted by Crippen LogP contribution is -2.40. The van der Waals surface area contributed by atoms with Crippen molar-refractivity contribution in [2.75, 3.05) is 38.7 Å². The second-order valence-corrected chi connectivity index (χ2v) is 6.08. The Kier molecular flexibility index (Phi) is 6.22. The summed E-state index contributed by atoms with van der Waals surface area (Å²) >= 11 is 0. The van der Waals surface area contributed by atoms with Crippen LogP contribution in [-0.4, -0.2) is 50.1 Å². The first-order valence-corrected chi connectivity index (χ1v) is 8.76. The number of morpholine rings is 1. The lowest BCUT2D eigenvalue weighted by atomic mass is 10.1. The number of anilines is 1. The fourth-order valence-corrected chi connectivity index (χ4v) is 2.72. The van der Waals surface area contributed by atoms with Crippen LogP contribution in [0, 0.1) is 0 Å². The molecule has 140 valence electrons. The highest BCUT2D eigenvalue weighted by Crippen LogP contribution is 2.14. The van der Waals surface area contributed by atoms with Gasteiger partial charge in [0, 0.05) is 30.4 Å². The van der Waals surface area contributed by atoms with Gasteiger partial charge in [-0.25, -0.2) is 0 Å². The van der Waals surface area contributed by atoms with Crippen molar-refractivity contribution >= 4 is 23.6 Å². The van der Waals surface area contributed by atoms with Gasteiger partial charge in [-0.05, 0) is 48.0 Å². The Hall–Kier alpha value is -3.12. The van der Waals surface area contributed by atoms with Crippen molar-refractivity contribution in [2.24, 2.45) is 0 Å². The fourth-order valence-electron chi connectivity index (χ4n) is 2.72. The van der Waals surface area contributed by atoms with E-state index in [1.54, 1.807) is 42.4 Å². The number of ether oxygens (including phenoxy) is 2. The van der Waals surface area contributed by atoms with Crippen molar-refractivity contribution in [3.8, 4) is 5.75 Å². The molecule has 2 amide bonds. The summed E-state index contributed by atoms with van der Waals surface area (Å²) in [6.07, 6.45) is 3.19. The largest absolute Gasteiger partial charge is 0.497 e. The van der Waals surface area contributed by atoms with Crippen LogP contribution < -0.4 is 10.1 Å². The number of benzene rings is 2. The molecule has 1 heterocycles. The second-order valence-electron chi connectivity index (χ2n) is 6.08. The molecule has 1 aliphatic heterocycles. The average Bonchev–Trinajstić information content (AvgIpc) is 2.73. The molecular weight excluding hydrogens is 344 g/mol. The number of amides is 2. The number of hydrogen-bond acceptors (Lipinski definition) is 4. The van der Waals surface area contributed by atoms with Gasteiger partial charge in [-0.15, -0.1) is 0 Å². The summed E-state index contributed by atoms with van der Waals surface area (Å²) in [5.74, 6) is 0.511. The number of methoxy groups -OCH3 is 1. The highest BCUT2D eigenvalue weighted by molar-refractivity contribution is 6.02. The van der Waals surface area contributed by atoms with Gasteiger partial charge in [-0.3, -0.25) is 9.59 Å². The van der Waals surface area contributed by atoms with Gasteiger partial charge >= 0.3 is 0 Å². The van der Waals surface area contributed by atoms with Crippen LogP contribution in [0.25, 0.3) is 6.08 Å². The Morgan fingerprint density at radius 1 is 1.04 bits per heavy atom. The number of nitrogens with one attached hydrogen (secondary N) is 1. The molecule has 0 atom stereocenters. The smallest absolute Gasteiger partial charge is 0.254 e. The quantitative estimate of drug-likeness (QED) is 0.827. The first kappa shape index (κ1) is 18.7. The van der Waals surface area contributed by atoms with Gasteiger partial charge in [0.1, 0.15) is 5.75 Å². The highest BCUT2D eigenvalue weighted by atomic mass is 16.5. The minimum absolute atomic E-state index is 0.0180. The van der Waals surface area contributed by atoms with Gasteiger partial charge in [-0.2, -0.15) is 0 Å². The molecule has 0 unspecified atom stereocenters. The maximum atomic E-state index is 12.4. The lowest BCUT2D eigenvalue weighted by Gasteiger charge is -2.26. The molecule has 6 nitrogen and oxygen atoms in total. The topological polar surface area (TPSA) is 67.9 Å². The summed E-state index contributed by atoms with van der Waals surface area (Å²) in [5.41, 5.74) is 2.14. The van der Waals surface area contributed by atoms with Crippen molar-refractivity contribution in [2.45, 2.75) is 0 Å². The third-order valence-corrected chi connectivity index (χ3v) is 4.24. The molecular formula is C21H22N2O4. The molecule has 27 heavy (non-hydrogen) atoms. The molecule has 0 saturated carbocycles. The van der Waals surface area contributed by atoms with Gasteiger partial charge in [0.2, 0.25) is 5.91 Å². The number of carbonyl (C=O) groups excluding carboxylic acids is 2. The van der Waals surface area contributed by atoms with Crippen molar-refractivity contribution < 1.29 is 19.1 Å². The molecule has 0 aliphatic carbocycles. The summed E-state index contributed by atoms with van der Waals surface area (Å²) in [6.45, 7) is 2.35. The summed E-state index contributed by atoms with van der Waals surface area (Å²) in [5, 5.41) is 2.79. The van der Waals surface area contributed by atoms with Gasteiger partial charge in [0.15, 0.2) is 0 Å². The first-order chi connectivity index (χ1) is 13.2. The van der Waals surface area contributed by atoms with Crippen LogP contribution in [0.1, 0.15) is 15.9 Å². The van der Waals surface area contributed by atoms with E-state index in [2.05, 4.69) is 5.32 Å². The van der Waals surface area contributed by atoms with Crippen LogP contribution in [0.2, 0.25) is 0 Å². The number of rotatable bonds is 5. The average molecular weight is 366 g/mol. The zero-order valence-electron chi connectivity index (χ0n) is 15.2. The third-order valence-electron chi connectivity index (χ3n) is 4.24. The van der Waals surface area contributed by atoms with E-state index in [-0.39, 0.29) is 11.8 Å². The molecule has 1 N–H and O–H groups in total. The maximum absolute atomic E-state index is 12.4. The van der Waals surface area contributed by atoms with Crippen molar-refractivity contribution in [3.05, 3.63) is 65.7 Å². The highest BCUT2D eigenvalue weighted by Gasteiger charge is 2.18. The van der Waals surface area contributed by atoms with Crippen LogP contribution in [0.4, 0.5) is 5.69 Å². The Morgan fingerprint density at radius 3 is 2.33 bits per heavy atom. The predicted molar refractivity (Wildman–Crippen MR) is 104 cm³/mol. The van der Waals surface area contributed by atoms with E-state index >= 15 is 0 Å². The molecule has 1 aliphatic rings. The molecule has 3 rings (SSSR count). The zero-order chi connectivity index (χ0) is 19.1. The molecule has 0 aromatic heterocycles. The molecule has 2 aromatic rings. The van der Waals surface area contributed by atoms with Gasteiger partial charge in [0.05, 0.1) is 20.3 Å². The third kappa shape index (κ3) is 5.18. The van der Waals surface area contributed by atoms with Crippen molar-refractivity contribution in [1.29, 1.82) is 0 Å². The summed E-state index contributed by atoms with van der Waals surface area (Å²) in [7, 11) is 1.61. The minimum Gasteiger partial charge on any atom is -0.497 e. The van der Waals surface area contributed by atoms with Crippen LogP contribution in [0.3, 0.4) is 0 Å². The van der Waals surface area contributed by atoms with Crippen LogP contribution in [0.15, 0.2) is 54.6 Å². The maximum Gasteiger partial charge on any atom is 0.254 e. The van der Waals surface area contributed by atoms with E-state index in [1.807, 2.05) is 24.3 Å². The van der Waals surface area contributed by atoms with E-state index in [4.69, 9.17) is 9.47 Å². The van der Waals surface area contributed by atoms with E-state index in [0.717, 1.165) is 11.3 Å². The predicted octanol–water partition coefficient (Wildman–Crippen LogP) is 2.82. The van der Waals surface area contributed by atoms with Crippen molar-refractivity contribution in [3.63, 3.8) is 0 Å². The molecule has 0 spiro atoms. The van der Waals surface area contributed by atoms with E-state index < -0.39 is 0 Å². The molecule has 1 fully saturated rings. The number of nitrogens with zero attached hydrogens (tertiary/aromatic N) is 1. The Bertz CT molecular complexity index is 807. The summed E-state index contributed by atoms with van der Waals surface area (Å²) < 4.78 is 10.4. The van der Waals surface area contributed by atoms with E-state index in [1.165, 1.54) is 6.08 Å². The normalized spacial score (nSPS) is 14.2. The molecule has 2 aromatic carbocycles. The van der Waals surface area contributed by atoms with Gasteiger partial charge in [0.25, 0.3) is 5.91 Å².